The van der Waals surface area contributed by atoms with Crippen molar-refractivity contribution in [3.63, 3.8) is 0 Å². The molecular formula is C13H12N4O. The van der Waals surface area contributed by atoms with Gasteiger partial charge in [0.25, 0.3) is 0 Å². The van der Waals surface area contributed by atoms with Gasteiger partial charge in [0.15, 0.2) is 0 Å². The third kappa shape index (κ3) is 2.76. The highest BCUT2D eigenvalue weighted by molar-refractivity contribution is 5.60. The molecule has 0 saturated carbocycles. The second-order valence-electron chi connectivity index (χ2n) is 3.50. The van der Waals surface area contributed by atoms with Gasteiger partial charge in [0.05, 0.1) is 12.8 Å². The van der Waals surface area contributed by atoms with Crippen LogP contribution in [0.2, 0.25) is 0 Å². The first-order valence-electron chi connectivity index (χ1n) is 5.36. The second-order valence-corrected chi connectivity index (χ2v) is 3.50. The highest BCUT2D eigenvalue weighted by atomic mass is 16.5. The van der Waals surface area contributed by atoms with Gasteiger partial charge in [0.2, 0.25) is 0 Å². The molecule has 5 nitrogen and oxygen atoms in total. The van der Waals surface area contributed by atoms with Gasteiger partial charge in [-0.15, -0.1) is 5.11 Å². The van der Waals surface area contributed by atoms with Crippen molar-refractivity contribution in [2.45, 2.75) is 0 Å². The molecule has 0 aliphatic heterocycles. The molecule has 0 aliphatic carbocycles. The van der Waals surface area contributed by atoms with Crippen LogP contribution in [0.25, 0.3) is 0 Å². The lowest BCUT2D eigenvalue weighted by molar-refractivity contribution is 0.415. The topological polar surface area (TPSA) is 70.2 Å². The van der Waals surface area contributed by atoms with Gasteiger partial charge >= 0.3 is 0 Å². The van der Waals surface area contributed by atoms with Gasteiger partial charge in [-0.2, -0.15) is 10.2 Å². The molecule has 2 rings (SSSR count). The molecule has 2 aromatic rings. The number of hydrogen-bond acceptors (Lipinski definition) is 5. The first-order valence-corrected chi connectivity index (χ1v) is 5.36. The number of hydrogen-bond donors (Lipinski definition) is 1. The summed E-state index contributed by atoms with van der Waals surface area (Å²) in [6.07, 6.45) is 0. The lowest BCUT2D eigenvalue weighted by Crippen LogP contribution is -1.79. The Hall–Kier alpha value is -2.56. The summed E-state index contributed by atoms with van der Waals surface area (Å²) in [5.74, 6) is 0.774. The van der Waals surface area contributed by atoms with E-state index in [9.17, 15) is 0 Å². The van der Waals surface area contributed by atoms with E-state index in [0.29, 0.717) is 11.4 Å². The lowest BCUT2D eigenvalue weighted by Gasteiger charge is -1.99. The minimum absolute atomic E-state index is 0.495. The van der Waals surface area contributed by atoms with Crippen LogP contribution in [0.5, 0.6) is 5.75 Å². The minimum atomic E-state index is 0.495. The quantitative estimate of drug-likeness (QED) is 0.768. The number of nitrogens with zero attached hydrogens (tertiary/aromatic N) is 3. The molecule has 0 atom stereocenters. The maximum Gasteiger partial charge on any atom is 0.119 e. The third-order valence-corrected chi connectivity index (χ3v) is 2.35. The fourth-order valence-electron chi connectivity index (χ4n) is 1.40. The average molecular weight is 240 g/mol. The number of azo groups is 1. The molecule has 90 valence electrons. The number of ether oxygens (including phenoxy) is 1. The maximum absolute atomic E-state index is 7.03. The number of benzene rings is 2. The summed E-state index contributed by atoms with van der Waals surface area (Å²) in [5.41, 5.74) is 8.81. The van der Waals surface area contributed by atoms with Crippen molar-refractivity contribution < 1.29 is 4.74 Å². The van der Waals surface area contributed by atoms with E-state index >= 15 is 0 Å². The van der Waals surface area contributed by atoms with Crippen LogP contribution in [0.4, 0.5) is 17.1 Å². The van der Waals surface area contributed by atoms with Gasteiger partial charge in [-0.1, -0.05) is 12.1 Å². The summed E-state index contributed by atoms with van der Waals surface area (Å²) in [5, 5.41) is 11.5. The standard InChI is InChI=1S/C13H12N4O/c1-18-11-8-6-10(7-9-11)16-17-13-5-3-2-4-12(13)15-14/h2-9,14H,1H3. The summed E-state index contributed by atoms with van der Waals surface area (Å²) < 4.78 is 5.06. The maximum atomic E-state index is 7.03. The summed E-state index contributed by atoms with van der Waals surface area (Å²) >= 11 is 0. The van der Waals surface area contributed by atoms with Crippen LogP contribution < -0.4 is 4.74 Å². The van der Waals surface area contributed by atoms with Crippen molar-refractivity contribution in [2.24, 2.45) is 15.3 Å². The van der Waals surface area contributed by atoms with Crippen molar-refractivity contribution >= 4 is 17.1 Å². The zero-order valence-corrected chi connectivity index (χ0v) is 9.87. The normalized spacial score (nSPS) is 10.5. The van der Waals surface area contributed by atoms with Crippen molar-refractivity contribution in [1.29, 1.82) is 5.53 Å². The van der Waals surface area contributed by atoms with Crippen LogP contribution in [0, 0.1) is 5.53 Å². The van der Waals surface area contributed by atoms with Crippen LogP contribution in [0.1, 0.15) is 0 Å². The molecule has 0 spiro atoms. The number of nitrogens with one attached hydrogen (secondary N) is 1. The molecule has 0 aromatic heterocycles. The molecule has 18 heavy (non-hydrogen) atoms. The molecule has 0 heterocycles. The van der Waals surface area contributed by atoms with E-state index in [0.717, 1.165) is 11.4 Å². The Bertz CT molecular complexity index is 563. The molecular weight excluding hydrogens is 228 g/mol. The van der Waals surface area contributed by atoms with E-state index in [2.05, 4.69) is 15.3 Å². The van der Waals surface area contributed by atoms with E-state index < -0.39 is 0 Å². The van der Waals surface area contributed by atoms with Crippen molar-refractivity contribution in [3.8, 4) is 5.75 Å². The van der Waals surface area contributed by atoms with E-state index in [-0.39, 0.29) is 0 Å². The summed E-state index contributed by atoms with van der Waals surface area (Å²) in [6, 6.07) is 14.4. The second kappa shape index (κ2) is 5.67. The Morgan fingerprint density at radius 2 is 1.56 bits per heavy atom. The minimum Gasteiger partial charge on any atom is -0.497 e. The van der Waals surface area contributed by atoms with Crippen LogP contribution in [-0.2, 0) is 0 Å². The van der Waals surface area contributed by atoms with Crippen molar-refractivity contribution in [3.05, 3.63) is 48.5 Å². The highest BCUT2D eigenvalue weighted by Crippen LogP contribution is 2.29. The molecule has 0 aliphatic rings. The van der Waals surface area contributed by atoms with Gasteiger partial charge in [0, 0.05) is 0 Å². The Morgan fingerprint density at radius 1 is 0.889 bits per heavy atom. The third-order valence-electron chi connectivity index (χ3n) is 2.35. The van der Waals surface area contributed by atoms with Crippen molar-refractivity contribution in [1.82, 2.24) is 0 Å². The smallest absolute Gasteiger partial charge is 0.119 e. The SMILES string of the molecule is COc1ccc(N=Nc2ccccc2N=N)cc1. The monoisotopic (exact) mass is 240 g/mol. The van der Waals surface area contributed by atoms with Gasteiger partial charge in [0.1, 0.15) is 17.1 Å². The van der Waals surface area contributed by atoms with E-state index in [1.165, 1.54) is 0 Å². The molecule has 0 saturated heterocycles. The lowest BCUT2D eigenvalue weighted by atomic mass is 10.3. The molecule has 0 fully saturated rings. The predicted molar refractivity (Wildman–Crippen MR) is 68.4 cm³/mol. The zero-order valence-electron chi connectivity index (χ0n) is 9.87. The first-order chi connectivity index (χ1) is 8.83. The van der Waals surface area contributed by atoms with E-state index in [4.69, 9.17) is 10.3 Å². The summed E-state index contributed by atoms with van der Waals surface area (Å²) in [7, 11) is 1.61. The Kier molecular flexibility index (Phi) is 3.76. The zero-order chi connectivity index (χ0) is 12.8. The molecule has 5 heteroatoms. The molecule has 0 radical (unpaired) electrons. The Morgan fingerprint density at radius 3 is 2.17 bits per heavy atom. The predicted octanol–water partition coefficient (Wildman–Crippen LogP) is 4.77. The molecule has 0 amide bonds. The molecule has 0 unspecified atom stereocenters. The summed E-state index contributed by atoms with van der Waals surface area (Å²) in [4.78, 5) is 0. The fourth-order valence-corrected chi connectivity index (χ4v) is 1.40. The average Bonchev–Trinajstić information content (AvgIpc) is 2.46. The van der Waals surface area contributed by atoms with Crippen molar-refractivity contribution in [2.75, 3.05) is 7.11 Å². The van der Waals surface area contributed by atoms with Crippen LogP contribution >= 0.6 is 0 Å². The molecule has 0 bridgehead atoms. The van der Waals surface area contributed by atoms with Crippen LogP contribution in [0.3, 0.4) is 0 Å². The van der Waals surface area contributed by atoms with Crippen LogP contribution in [0.15, 0.2) is 63.9 Å². The Labute approximate surface area is 105 Å². The number of para-hydroxylation sites is 1. The summed E-state index contributed by atoms with van der Waals surface area (Å²) in [6.45, 7) is 0. The van der Waals surface area contributed by atoms with E-state index in [1.54, 1.807) is 25.3 Å². The first kappa shape index (κ1) is 11.9. The van der Waals surface area contributed by atoms with Crippen LogP contribution in [-0.4, -0.2) is 7.11 Å². The highest BCUT2D eigenvalue weighted by Gasteiger charge is 1.98. The van der Waals surface area contributed by atoms with Gasteiger partial charge in [-0.05, 0) is 36.4 Å². The fraction of sp³-hybridized carbons (Fsp3) is 0.0769. The van der Waals surface area contributed by atoms with Gasteiger partial charge in [-0.3, -0.25) is 0 Å². The van der Waals surface area contributed by atoms with E-state index in [1.807, 2.05) is 30.3 Å². The molecule has 1 N–H and O–H groups in total. The number of methoxy groups -OCH3 is 1. The Balaban J connectivity index is 2.21. The molecule has 2 aromatic carbocycles. The van der Waals surface area contributed by atoms with Gasteiger partial charge < -0.3 is 4.74 Å². The largest absolute Gasteiger partial charge is 0.497 e. The van der Waals surface area contributed by atoms with Gasteiger partial charge in [-0.25, -0.2) is 5.53 Å². The number of rotatable bonds is 4.